The lowest BCUT2D eigenvalue weighted by molar-refractivity contribution is 0.0398. The summed E-state index contributed by atoms with van der Waals surface area (Å²) in [5, 5.41) is 6.64. The number of aromatic amines is 1. The number of ether oxygens (including phenoxy) is 1. The maximum atomic E-state index is 5.38. The Hall–Kier alpha value is -2.78. The van der Waals surface area contributed by atoms with Crippen LogP contribution in [0.5, 0.6) is 0 Å². The third kappa shape index (κ3) is 4.06. The summed E-state index contributed by atoms with van der Waals surface area (Å²) in [5.74, 6) is 1.30. The zero-order valence-electron chi connectivity index (χ0n) is 14.5. The van der Waals surface area contributed by atoms with Crippen molar-refractivity contribution in [2.75, 3.05) is 50.0 Å². The van der Waals surface area contributed by atoms with Crippen LogP contribution in [0.3, 0.4) is 0 Å². The lowest BCUT2D eigenvalue weighted by atomic mass is 10.3. The van der Waals surface area contributed by atoms with E-state index >= 15 is 0 Å². The van der Waals surface area contributed by atoms with Gasteiger partial charge in [0.25, 0.3) is 0 Å². The van der Waals surface area contributed by atoms with Gasteiger partial charge in [0.05, 0.1) is 19.5 Å². The summed E-state index contributed by atoms with van der Waals surface area (Å²) in [4.78, 5) is 22.9. The van der Waals surface area contributed by atoms with E-state index in [2.05, 4.69) is 40.5 Å². The molecule has 1 fully saturated rings. The summed E-state index contributed by atoms with van der Waals surface area (Å²) in [6.07, 6.45) is 5.21. The zero-order chi connectivity index (χ0) is 17.6. The highest BCUT2D eigenvalue weighted by atomic mass is 16.5. The highest BCUT2D eigenvalue weighted by Gasteiger charge is 2.12. The largest absolute Gasteiger partial charge is 0.379 e. The molecular formula is C17H22N8O. The first-order valence-electron chi connectivity index (χ1n) is 8.76. The van der Waals surface area contributed by atoms with E-state index in [1.165, 1.54) is 0 Å². The van der Waals surface area contributed by atoms with Crippen molar-refractivity contribution in [2.45, 2.75) is 6.54 Å². The first-order chi connectivity index (χ1) is 12.9. The standard InChI is InChI=1S/C17H22N8O/c1-2-13(10-18-3-1)11-20-17-23-15(14-16(24-17)22-12-21-14)19-4-5-25-6-8-26-9-7-25/h1-3,10,12H,4-9,11H2,(H3,19,20,21,22,23,24). The van der Waals surface area contributed by atoms with E-state index in [1.807, 2.05) is 18.3 Å². The van der Waals surface area contributed by atoms with Crippen molar-refractivity contribution in [3.63, 3.8) is 0 Å². The maximum absolute atomic E-state index is 5.38. The molecule has 0 amide bonds. The number of pyridine rings is 1. The van der Waals surface area contributed by atoms with Gasteiger partial charge in [-0.05, 0) is 11.6 Å². The fourth-order valence-corrected chi connectivity index (χ4v) is 2.88. The van der Waals surface area contributed by atoms with Crippen LogP contribution in [-0.4, -0.2) is 69.2 Å². The third-order valence-electron chi connectivity index (χ3n) is 4.28. The predicted molar refractivity (Wildman–Crippen MR) is 99.0 cm³/mol. The summed E-state index contributed by atoms with van der Waals surface area (Å²) >= 11 is 0. The lowest BCUT2D eigenvalue weighted by Crippen LogP contribution is -2.39. The van der Waals surface area contributed by atoms with Gasteiger partial charge in [0, 0.05) is 45.1 Å². The molecule has 1 aliphatic rings. The average molecular weight is 354 g/mol. The molecule has 3 aromatic rings. The Morgan fingerprint density at radius 2 is 2.12 bits per heavy atom. The van der Waals surface area contributed by atoms with Crippen molar-refractivity contribution in [1.29, 1.82) is 0 Å². The van der Waals surface area contributed by atoms with Gasteiger partial charge in [0.1, 0.15) is 5.52 Å². The summed E-state index contributed by atoms with van der Waals surface area (Å²) in [7, 11) is 0. The van der Waals surface area contributed by atoms with Crippen molar-refractivity contribution < 1.29 is 4.74 Å². The fourth-order valence-electron chi connectivity index (χ4n) is 2.88. The quantitative estimate of drug-likeness (QED) is 0.580. The SMILES string of the molecule is c1cncc(CNc2nc(NCCN3CCOCC3)c3[nH]cnc3n2)c1. The smallest absolute Gasteiger partial charge is 0.227 e. The van der Waals surface area contributed by atoms with Gasteiger partial charge in [-0.3, -0.25) is 9.88 Å². The summed E-state index contributed by atoms with van der Waals surface area (Å²) in [5.41, 5.74) is 2.53. The van der Waals surface area contributed by atoms with Crippen LogP contribution in [0.2, 0.25) is 0 Å². The molecule has 26 heavy (non-hydrogen) atoms. The molecule has 4 rings (SSSR count). The molecular weight excluding hydrogens is 332 g/mol. The Morgan fingerprint density at radius 3 is 2.96 bits per heavy atom. The van der Waals surface area contributed by atoms with Gasteiger partial charge in [0.2, 0.25) is 5.95 Å². The normalized spacial score (nSPS) is 15.2. The first kappa shape index (κ1) is 16.7. The van der Waals surface area contributed by atoms with Gasteiger partial charge in [-0.2, -0.15) is 9.97 Å². The molecule has 9 heteroatoms. The molecule has 0 saturated carbocycles. The van der Waals surface area contributed by atoms with Gasteiger partial charge in [-0.15, -0.1) is 0 Å². The number of fused-ring (bicyclic) bond motifs is 1. The first-order valence-corrected chi connectivity index (χ1v) is 8.76. The Kier molecular flexibility index (Phi) is 5.17. The van der Waals surface area contributed by atoms with Gasteiger partial charge in [0.15, 0.2) is 11.5 Å². The van der Waals surface area contributed by atoms with E-state index < -0.39 is 0 Å². The summed E-state index contributed by atoms with van der Waals surface area (Å²) in [6, 6.07) is 3.92. The number of hydrogen-bond donors (Lipinski definition) is 3. The minimum absolute atomic E-state index is 0.544. The molecule has 1 saturated heterocycles. The molecule has 0 aliphatic carbocycles. The minimum atomic E-state index is 0.544. The van der Waals surface area contributed by atoms with Gasteiger partial charge >= 0.3 is 0 Å². The van der Waals surface area contributed by atoms with Crippen LogP contribution in [0.1, 0.15) is 5.56 Å². The molecule has 0 bridgehead atoms. The van der Waals surface area contributed by atoms with Crippen LogP contribution in [0.25, 0.3) is 11.2 Å². The van der Waals surface area contributed by atoms with Crippen molar-refractivity contribution in [1.82, 2.24) is 29.8 Å². The monoisotopic (exact) mass is 354 g/mol. The van der Waals surface area contributed by atoms with E-state index in [9.17, 15) is 0 Å². The second-order valence-corrected chi connectivity index (χ2v) is 6.09. The number of hydrogen-bond acceptors (Lipinski definition) is 8. The van der Waals surface area contributed by atoms with Crippen molar-refractivity contribution in [2.24, 2.45) is 0 Å². The number of aromatic nitrogens is 5. The highest BCUT2D eigenvalue weighted by molar-refractivity contribution is 5.83. The molecule has 136 valence electrons. The molecule has 3 aromatic heterocycles. The number of rotatable bonds is 7. The van der Waals surface area contributed by atoms with Crippen LogP contribution in [0.4, 0.5) is 11.8 Å². The van der Waals surface area contributed by atoms with Crippen molar-refractivity contribution >= 4 is 22.9 Å². The molecule has 0 radical (unpaired) electrons. The molecule has 0 unspecified atom stereocenters. The second-order valence-electron chi connectivity index (χ2n) is 6.09. The average Bonchev–Trinajstić information content (AvgIpc) is 3.17. The summed E-state index contributed by atoms with van der Waals surface area (Å²) < 4.78 is 5.38. The second kappa shape index (κ2) is 8.07. The highest BCUT2D eigenvalue weighted by Crippen LogP contribution is 2.18. The number of imidazole rings is 1. The van der Waals surface area contributed by atoms with E-state index in [-0.39, 0.29) is 0 Å². The molecule has 0 atom stereocenters. The van der Waals surface area contributed by atoms with Crippen LogP contribution < -0.4 is 10.6 Å². The van der Waals surface area contributed by atoms with Gasteiger partial charge in [-0.1, -0.05) is 6.07 Å². The van der Waals surface area contributed by atoms with Crippen molar-refractivity contribution in [3.8, 4) is 0 Å². The number of nitrogens with one attached hydrogen (secondary N) is 3. The molecule has 0 aromatic carbocycles. The molecule has 3 N–H and O–H groups in total. The number of nitrogens with zero attached hydrogens (tertiary/aromatic N) is 5. The van der Waals surface area contributed by atoms with Crippen LogP contribution in [-0.2, 0) is 11.3 Å². The van der Waals surface area contributed by atoms with Gasteiger partial charge < -0.3 is 20.4 Å². The van der Waals surface area contributed by atoms with Crippen LogP contribution >= 0.6 is 0 Å². The third-order valence-corrected chi connectivity index (χ3v) is 4.28. The number of anilines is 2. The molecule has 4 heterocycles. The van der Waals surface area contributed by atoms with Crippen LogP contribution in [0.15, 0.2) is 30.9 Å². The van der Waals surface area contributed by atoms with Crippen LogP contribution in [0, 0.1) is 0 Å². The Morgan fingerprint density at radius 1 is 1.19 bits per heavy atom. The Balaban J connectivity index is 1.42. The van der Waals surface area contributed by atoms with Crippen molar-refractivity contribution in [3.05, 3.63) is 36.4 Å². The maximum Gasteiger partial charge on any atom is 0.227 e. The number of H-pyrrole nitrogens is 1. The van der Waals surface area contributed by atoms with E-state index in [0.717, 1.165) is 56.3 Å². The van der Waals surface area contributed by atoms with E-state index in [0.29, 0.717) is 18.1 Å². The van der Waals surface area contributed by atoms with Gasteiger partial charge in [-0.25, -0.2) is 4.98 Å². The van der Waals surface area contributed by atoms with E-state index in [4.69, 9.17) is 4.74 Å². The molecule has 9 nitrogen and oxygen atoms in total. The zero-order valence-corrected chi connectivity index (χ0v) is 14.5. The predicted octanol–water partition coefficient (Wildman–Crippen LogP) is 1.10. The Bertz CT molecular complexity index is 831. The topological polar surface area (TPSA) is 104 Å². The number of morpholine rings is 1. The lowest BCUT2D eigenvalue weighted by Gasteiger charge is -2.26. The minimum Gasteiger partial charge on any atom is -0.379 e. The Labute approximate surface area is 151 Å². The van der Waals surface area contributed by atoms with E-state index in [1.54, 1.807) is 12.5 Å². The molecule has 1 aliphatic heterocycles. The fraction of sp³-hybridized carbons (Fsp3) is 0.412. The molecule has 0 spiro atoms. The summed E-state index contributed by atoms with van der Waals surface area (Å²) in [6.45, 7) is 5.92.